The quantitative estimate of drug-likeness (QED) is 0.800. The van der Waals surface area contributed by atoms with E-state index in [-0.39, 0.29) is 4.99 Å². The molecule has 0 fully saturated rings. The van der Waals surface area contributed by atoms with E-state index in [4.69, 9.17) is 18.0 Å². The van der Waals surface area contributed by atoms with Gasteiger partial charge in [-0.05, 0) is 12.0 Å². The van der Waals surface area contributed by atoms with Gasteiger partial charge < -0.3 is 11.1 Å². The number of nitrogens with two attached hydrogens (primary N) is 1. The Balaban J connectivity index is 1.85. The van der Waals surface area contributed by atoms with Crippen molar-refractivity contribution in [1.82, 2.24) is 9.97 Å². The lowest BCUT2D eigenvalue weighted by Crippen LogP contribution is -2.13. The molecule has 0 saturated heterocycles. The van der Waals surface area contributed by atoms with Crippen LogP contribution < -0.4 is 11.1 Å². The molecule has 0 saturated carbocycles. The van der Waals surface area contributed by atoms with Crippen LogP contribution in [0.4, 0.5) is 5.82 Å². The van der Waals surface area contributed by atoms with E-state index in [1.807, 2.05) is 18.2 Å². The third-order valence-electron chi connectivity index (χ3n) is 2.47. The average Bonchev–Trinajstić information content (AvgIpc) is 2.40. The fraction of sp³-hybridized carbons (Fsp3) is 0.154. The highest BCUT2D eigenvalue weighted by Gasteiger charge is 1.99. The van der Waals surface area contributed by atoms with E-state index in [0.717, 1.165) is 18.8 Å². The number of anilines is 1. The van der Waals surface area contributed by atoms with Crippen molar-refractivity contribution in [2.45, 2.75) is 6.42 Å². The molecule has 2 aromatic rings. The maximum Gasteiger partial charge on any atom is 0.144 e. The fourth-order valence-electron chi connectivity index (χ4n) is 1.53. The molecule has 2 rings (SSSR count). The van der Waals surface area contributed by atoms with Crippen LogP contribution in [0, 0.1) is 0 Å². The predicted molar refractivity (Wildman–Crippen MR) is 76.6 cm³/mol. The lowest BCUT2D eigenvalue weighted by Gasteiger charge is -2.05. The van der Waals surface area contributed by atoms with Crippen LogP contribution in [0.5, 0.6) is 0 Å². The van der Waals surface area contributed by atoms with Crippen molar-refractivity contribution < 1.29 is 0 Å². The number of aromatic nitrogens is 2. The Morgan fingerprint density at radius 1 is 1.17 bits per heavy atom. The molecule has 5 heteroatoms. The Morgan fingerprint density at radius 2 is 1.94 bits per heavy atom. The van der Waals surface area contributed by atoms with Crippen LogP contribution in [0.2, 0.25) is 0 Å². The van der Waals surface area contributed by atoms with Crippen molar-refractivity contribution in [3.8, 4) is 0 Å². The lowest BCUT2D eigenvalue weighted by molar-refractivity contribution is 0.998. The van der Waals surface area contributed by atoms with E-state index >= 15 is 0 Å². The van der Waals surface area contributed by atoms with Gasteiger partial charge in [-0.25, -0.2) is 9.97 Å². The van der Waals surface area contributed by atoms with Gasteiger partial charge >= 0.3 is 0 Å². The van der Waals surface area contributed by atoms with E-state index < -0.39 is 0 Å². The summed E-state index contributed by atoms with van der Waals surface area (Å²) in [7, 11) is 0. The minimum absolute atomic E-state index is 0.262. The molecule has 0 amide bonds. The second kappa shape index (κ2) is 6.07. The van der Waals surface area contributed by atoms with Gasteiger partial charge in [0.05, 0.1) is 12.4 Å². The van der Waals surface area contributed by atoms with Gasteiger partial charge in [0.25, 0.3) is 0 Å². The zero-order valence-corrected chi connectivity index (χ0v) is 10.7. The minimum Gasteiger partial charge on any atom is -0.388 e. The van der Waals surface area contributed by atoms with Crippen molar-refractivity contribution in [2.24, 2.45) is 5.73 Å². The molecular weight excluding hydrogens is 244 g/mol. The first-order chi connectivity index (χ1) is 8.75. The number of nitrogens with zero attached hydrogens (tertiary/aromatic N) is 2. The van der Waals surface area contributed by atoms with Crippen molar-refractivity contribution in [1.29, 1.82) is 0 Å². The van der Waals surface area contributed by atoms with E-state index in [0.29, 0.717) is 5.69 Å². The zero-order chi connectivity index (χ0) is 12.8. The van der Waals surface area contributed by atoms with Crippen molar-refractivity contribution in [3.63, 3.8) is 0 Å². The predicted octanol–water partition coefficient (Wildman–Crippen LogP) is 1.77. The van der Waals surface area contributed by atoms with Crippen molar-refractivity contribution in [2.75, 3.05) is 11.9 Å². The summed E-state index contributed by atoms with van der Waals surface area (Å²) in [6.07, 6.45) is 4.16. The molecule has 0 radical (unpaired) electrons. The largest absolute Gasteiger partial charge is 0.388 e. The number of nitrogens with one attached hydrogen (secondary N) is 1. The standard InChI is InChI=1S/C13H14N4S/c14-13(18)11-8-17-12(9-16-11)15-7-6-10-4-2-1-3-5-10/h1-5,8-9H,6-7H2,(H2,14,18)(H,15,17). The summed E-state index contributed by atoms with van der Waals surface area (Å²) in [4.78, 5) is 8.57. The summed E-state index contributed by atoms with van der Waals surface area (Å²) in [5.74, 6) is 0.728. The molecule has 92 valence electrons. The number of thiocarbonyl (C=S) groups is 1. The summed E-state index contributed by atoms with van der Waals surface area (Å²) in [5.41, 5.74) is 7.28. The van der Waals surface area contributed by atoms with Crippen molar-refractivity contribution >= 4 is 23.0 Å². The third-order valence-corrected chi connectivity index (χ3v) is 2.68. The number of benzene rings is 1. The Kier molecular flexibility index (Phi) is 4.20. The van der Waals surface area contributed by atoms with E-state index in [9.17, 15) is 0 Å². The summed E-state index contributed by atoms with van der Waals surface area (Å²) >= 11 is 4.81. The Bertz CT molecular complexity index is 510. The minimum atomic E-state index is 0.262. The van der Waals surface area contributed by atoms with Crippen LogP contribution in [-0.2, 0) is 6.42 Å². The van der Waals surface area contributed by atoms with Gasteiger partial charge in [-0.3, -0.25) is 0 Å². The molecule has 4 nitrogen and oxygen atoms in total. The molecule has 3 N–H and O–H groups in total. The molecule has 0 unspecified atom stereocenters. The van der Waals surface area contributed by atoms with Crippen LogP contribution in [0.1, 0.15) is 11.3 Å². The van der Waals surface area contributed by atoms with Crippen LogP contribution >= 0.6 is 12.2 Å². The topological polar surface area (TPSA) is 63.8 Å². The molecule has 0 bridgehead atoms. The van der Waals surface area contributed by atoms with Gasteiger partial charge in [0.2, 0.25) is 0 Å². The highest BCUT2D eigenvalue weighted by Crippen LogP contribution is 2.03. The van der Waals surface area contributed by atoms with Crippen LogP contribution in [0.25, 0.3) is 0 Å². The molecule has 1 aromatic heterocycles. The van der Waals surface area contributed by atoms with Gasteiger partial charge in [-0.15, -0.1) is 0 Å². The molecule has 1 aromatic carbocycles. The first-order valence-electron chi connectivity index (χ1n) is 5.65. The van der Waals surface area contributed by atoms with Crippen molar-refractivity contribution in [3.05, 3.63) is 54.0 Å². The summed E-state index contributed by atoms with van der Waals surface area (Å²) in [5, 5.41) is 3.20. The second-order valence-electron chi connectivity index (χ2n) is 3.81. The number of hydrogen-bond donors (Lipinski definition) is 2. The molecule has 0 atom stereocenters. The van der Waals surface area contributed by atoms with E-state index in [2.05, 4.69) is 27.4 Å². The van der Waals surface area contributed by atoms with Crippen LogP contribution in [0.3, 0.4) is 0 Å². The van der Waals surface area contributed by atoms with E-state index in [1.54, 1.807) is 12.4 Å². The summed E-state index contributed by atoms with van der Waals surface area (Å²) in [6.45, 7) is 0.811. The van der Waals surface area contributed by atoms with E-state index in [1.165, 1.54) is 5.56 Å². The van der Waals surface area contributed by atoms with Crippen LogP contribution in [0.15, 0.2) is 42.7 Å². The SMILES string of the molecule is NC(=S)c1cnc(NCCc2ccccc2)cn1. The van der Waals surface area contributed by atoms with Gasteiger partial charge in [-0.2, -0.15) is 0 Å². The highest BCUT2D eigenvalue weighted by molar-refractivity contribution is 7.80. The summed E-state index contributed by atoms with van der Waals surface area (Å²) < 4.78 is 0. The summed E-state index contributed by atoms with van der Waals surface area (Å²) in [6, 6.07) is 10.3. The molecule has 0 spiro atoms. The molecule has 0 aliphatic carbocycles. The smallest absolute Gasteiger partial charge is 0.144 e. The average molecular weight is 258 g/mol. The Morgan fingerprint density at radius 3 is 2.56 bits per heavy atom. The first kappa shape index (κ1) is 12.4. The first-order valence-corrected chi connectivity index (χ1v) is 6.06. The van der Waals surface area contributed by atoms with Gasteiger partial charge in [0.1, 0.15) is 16.5 Å². The third kappa shape index (κ3) is 3.49. The Labute approximate surface area is 111 Å². The Hall–Kier alpha value is -2.01. The van der Waals surface area contributed by atoms with Gasteiger partial charge in [0.15, 0.2) is 0 Å². The maximum atomic E-state index is 5.45. The van der Waals surface area contributed by atoms with Gasteiger partial charge in [0, 0.05) is 6.54 Å². The molecule has 18 heavy (non-hydrogen) atoms. The van der Waals surface area contributed by atoms with Crippen LogP contribution in [-0.4, -0.2) is 21.5 Å². The maximum absolute atomic E-state index is 5.45. The second-order valence-corrected chi connectivity index (χ2v) is 4.25. The highest BCUT2D eigenvalue weighted by atomic mass is 32.1. The molecule has 1 heterocycles. The number of hydrogen-bond acceptors (Lipinski definition) is 4. The zero-order valence-electron chi connectivity index (χ0n) is 9.84. The monoisotopic (exact) mass is 258 g/mol. The normalized spacial score (nSPS) is 10.0. The lowest BCUT2D eigenvalue weighted by atomic mass is 10.1. The molecular formula is C13H14N4S. The number of rotatable bonds is 5. The molecule has 0 aliphatic heterocycles. The molecule has 0 aliphatic rings. The fourth-order valence-corrected chi connectivity index (χ4v) is 1.63. The van der Waals surface area contributed by atoms with Gasteiger partial charge in [-0.1, -0.05) is 42.5 Å².